The number of nitrogens with one attached hydrogen (secondary N) is 1. The van der Waals surface area contributed by atoms with Gasteiger partial charge in [-0.3, -0.25) is 13.9 Å². The molecule has 45 heavy (non-hydrogen) atoms. The maximum Gasteiger partial charge on any atom is 0.264 e. The fraction of sp³-hybridized carbons (Fsp3) is 0.278. The van der Waals surface area contributed by atoms with Crippen molar-refractivity contribution in [1.29, 1.82) is 0 Å². The molecular formula is C36H40FN3O4S. The second kappa shape index (κ2) is 14.5. The Hall–Kier alpha value is -4.50. The van der Waals surface area contributed by atoms with Crippen LogP contribution in [0.5, 0.6) is 0 Å². The van der Waals surface area contributed by atoms with E-state index in [9.17, 15) is 22.4 Å². The number of halogens is 1. The first-order valence-corrected chi connectivity index (χ1v) is 16.3. The van der Waals surface area contributed by atoms with Gasteiger partial charge in [-0.1, -0.05) is 66.2 Å². The third kappa shape index (κ3) is 8.79. The number of carbonyl (C=O) groups excluding carboxylic acids is 2. The monoisotopic (exact) mass is 629 g/mol. The van der Waals surface area contributed by atoms with Gasteiger partial charge in [0, 0.05) is 19.0 Å². The van der Waals surface area contributed by atoms with Crippen LogP contribution < -0.4 is 9.62 Å². The summed E-state index contributed by atoms with van der Waals surface area (Å²) in [7, 11) is -4.20. The van der Waals surface area contributed by atoms with Crippen LogP contribution >= 0.6 is 0 Å². The molecule has 4 aromatic rings. The fourth-order valence-electron chi connectivity index (χ4n) is 5.18. The number of nitrogens with zero attached hydrogens (tertiary/aromatic N) is 2. The Morgan fingerprint density at radius 1 is 0.778 bits per heavy atom. The van der Waals surface area contributed by atoms with Crippen LogP contribution in [-0.4, -0.2) is 43.8 Å². The molecule has 0 aromatic heterocycles. The highest BCUT2D eigenvalue weighted by atomic mass is 32.2. The highest BCUT2D eigenvalue weighted by molar-refractivity contribution is 7.92. The van der Waals surface area contributed by atoms with Gasteiger partial charge in [0.1, 0.15) is 18.4 Å². The van der Waals surface area contributed by atoms with Crippen molar-refractivity contribution in [2.24, 2.45) is 0 Å². The molecule has 0 aliphatic rings. The van der Waals surface area contributed by atoms with Gasteiger partial charge in [0.05, 0.1) is 10.6 Å². The second-order valence-corrected chi connectivity index (χ2v) is 13.5. The number of rotatable bonds is 12. The number of sulfonamides is 1. The summed E-state index contributed by atoms with van der Waals surface area (Å²) in [5.74, 6) is -1.38. The summed E-state index contributed by atoms with van der Waals surface area (Å²) in [6.07, 6.45) is 0.195. The lowest BCUT2D eigenvalue weighted by Gasteiger charge is -2.34. The molecule has 0 aliphatic carbocycles. The fourth-order valence-corrected chi connectivity index (χ4v) is 6.58. The minimum absolute atomic E-state index is 0.0343. The van der Waals surface area contributed by atoms with E-state index in [0.717, 1.165) is 26.6 Å². The van der Waals surface area contributed by atoms with Gasteiger partial charge in [-0.05, 0) is 93.3 Å². The lowest BCUT2D eigenvalue weighted by atomic mass is 10.0. The number of carbonyl (C=O) groups is 2. The second-order valence-electron chi connectivity index (χ2n) is 11.7. The van der Waals surface area contributed by atoms with E-state index in [0.29, 0.717) is 11.3 Å². The number of anilines is 1. The predicted molar refractivity (Wildman–Crippen MR) is 176 cm³/mol. The topological polar surface area (TPSA) is 86.8 Å². The Morgan fingerprint density at radius 3 is 1.96 bits per heavy atom. The van der Waals surface area contributed by atoms with Crippen LogP contribution in [0.4, 0.5) is 10.1 Å². The molecule has 1 atom stereocenters. The Bertz CT molecular complexity index is 1700. The third-order valence-corrected chi connectivity index (χ3v) is 9.14. The summed E-state index contributed by atoms with van der Waals surface area (Å²) in [5, 5.41) is 2.93. The van der Waals surface area contributed by atoms with Crippen LogP contribution in [0, 0.1) is 26.6 Å². The zero-order valence-corrected chi connectivity index (χ0v) is 27.1. The van der Waals surface area contributed by atoms with E-state index in [1.54, 1.807) is 36.4 Å². The standard InChI is InChI=1S/C36H40FN3O4S/c1-25(2)38-36(42)34(22-29-9-7-6-8-10-29)39(23-30-13-15-31(37)16-14-30)35(41)24-40(32-20-27(4)19-28(5)21-32)45(43,44)33-17-11-26(3)12-18-33/h6-21,25,34H,22-24H2,1-5H3,(H,38,42). The molecule has 0 heterocycles. The SMILES string of the molecule is Cc1ccc(S(=O)(=O)N(CC(=O)N(Cc2ccc(F)cc2)C(Cc2ccccc2)C(=O)NC(C)C)c2cc(C)cc(C)c2)cc1. The van der Waals surface area contributed by atoms with Crippen molar-refractivity contribution in [2.75, 3.05) is 10.8 Å². The van der Waals surface area contributed by atoms with Gasteiger partial charge in [-0.15, -0.1) is 0 Å². The Balaban J connectivity index is 1.82. The van der Waals surface area contributed by atoms with E-state index in [1.807, 2.05) is 71.0 Å². The molecule has 236 valence electrons. The molecule has 0 bridgehead atoms. The molecule has 0 aliphatic heterocycles. The van der Waals surface area contributed by atoms with Crippen molar-refractivity contribution in [3.63, 3.8) is 0 Å². The average Bonchev–Trinajstić information content (AvgIpc) is 2.98. The van der Waals surface area contributed by atoms with E-state index in [4.69, 9.17) is 0 Å². The molecule has 9 heteroatoms. The van der Waals surface area contributed by atoms with E-state index in [2.05, 4.69) is 5.32 Å². The maximum absolute atomic E-state index is 14.5. The molecule has 0 radical (unpaired) electrons. The molecule has 0 fully saturated rings. The van der Waals surface area contributed by atoms with Crippen molar-refractivity contribution in [3.05, 3.63) is 131 Å². The molecule has 0 saturated carbocycles. The summed E-state index contributed by atoms with van der Waals surface area (Å²) >= 11 is 0. The average molecular weight is 630 g/mol. The molecule has 0 spiro atoms. The van der Waals surface area contributed by atoms with E-state index in [1.165, 1.54) is 29.2 Å². The number of hydrogen-bond acceptors (Lipinski definition) is 4. The van der Waals surface area contributed by atoms with Crippen LogP contribution in [0.25, 0.3) is 0 Å². The molecule has 7 nitrogen and oxygen atoms in total. The molecule has 4 rings (SSSR count). The van der Waals surface area contributed by atoms with Gasteiger partial charge < -0.3 is 10.2 Å². The minimum atomic E-state index is -4.20. The van der Waals surface area contributed by atoms with Crippen molar-refractivity contribution in [1.82, 2.24) is 10.2 Å². The Kier molecular flexibility index (Phi) is 10.8. The highest BCUT2D eigenvalue weighted by Crippen LogP contribution is 2.27. The Morgan fingerprint density at radius 2 is 1.38 bits per heavy atom. The lowest BCUT2D eigenvalue weighted by Crippen LogP contribution is -2.54. The molecular weight excluding hydrogens is 589 g/mol. The molecule has 2 amide bonds. The van der Waals surface area contributed by atoms with Gasteiger partial charge >= 0.3 is 0 Å². The van der Waals surface area contributed by atoms with Crippen LogP contribution in [0.2, 0.25) is 0 Å². The van der Waals surface area contributed by atoms with E-state index < -0.39 is 34.3 Å². The van der Waals surface area contributed by atoms with Gasteiger partial charge in [0.2, 0.25) is 11.8 Å². The quantitative estimate of drug-likeness (QED) is 0.205. The summed E-state index contributed by atoms with van der Waals surface area (Å²) in [6, 6.07) is 25.7. The molecule has 0 saturated heterocycles. The van der Waals surface area contributed by atoms with E-state index in [-0.39, 0.29) is 29.8 Å². The normalized spacial score (nSPS) is 12.1. The first-order chi connectivity index (χ1) is 21.3. The third-order valence-electron chi connectivity index (χ3n) is 7.35. The zero-order valence-electron chi connectivity index (χ0n) is 26.3. The van der Waals surface area contributed by atoms with Crippen molar-refractivity contribution in [3.8, 4) is 0 Å². The largest absolute Gasteiger partial charge is 0.352 e. The first kappa shape index (κ1) is 33.4. The van der Waals surface area contributed by atoms with Crippen LogP contribution in [0.15, 0.2) is 102 Å². The summed E-state index contributed by atoms with van der Waals surface area (Å²) < 4.78 is 43.3. The number of hydrogen-bond donors (Lipinski definition) is 1. The van der Waals surface area contributed by atoms with E-state index >= 15 is 0 Å². The van der Waals surface area contributed by atoms with Gasteiger partial charge in [-0.2, -0.15) is 0 Å². The van der Waals surface area contributed by atoms with Crippen molar-refractivity contribution < 1.29 is 22.4 Å². The minimum Gasteiger partial charge on any atom is -0.352 e. The van der Waals surface area contributed by atoms with Gasteiger partial charge in [0.25, 0.3) is 10.0 Å². The lowest BCUT2D eigenvalue weighted by molar-refractivity contribution is -0.140. The first-order valence-electron chi connectivity index (χ1n) is 14.9. The summed E-state index contributed by atoms with van der Waals surface area (Å²) in [5.41, 5.74) is 4.34. The zero-order chi connectivity index (χ0) is 32.7. The predicted octanol–water partition coefficient (Wildman–Crippen LogP) is 6.11. The number of benzene rings is 4. The summed E-state index contributed by atoms with van der Waals surface area (Å²) in [4.78, 5) is 29.7. The van der Waals surface area contributed by atoms with Gasteiger partial charge in [0.15, 0.2) is 0 Å². The number of amides is 2. The van der Waals surface area contributed by atoms with Crippen LogP contribution in [-0.2, 0) is 32.6 Å². The van der Waals surface area contributed by atoms with Gasteiger partial charge in [-0.25, -0.2) is 12.8 Å². The highest BCUT2D eigenvalue weighted by Gasteiger charge is 2.35. The van der Waals surface area contributed by atoms with Crippen LogP contribution in [0.1, 0.15) is 41.7 Å². The van der Waals surface area contributed by atoms with Crippen molar-refractivity contribution >= 4 is 27.5 Å². The summed E-state index contributed by atoms with van der Waals surface area (Å²) in [6.45, 7) is 8.67. The Labute approximate surface area is 265 Å². The smallest absolute Gasteiger partial charge is 0.264 e. The molecule has 1 N–H and O–H groups in total. The van der Waals surface area contributed by atoms with Crippen LogP contribution in [0.3, 0.4) is 0 Å². The molecule has 4 aromatic carbocycles. The number of aryl methyl sites for hydroxylation is 3. The van der Waals surface area contributed by atoms with Crippen molar-refractivity contribution in [2.45, 2.75) is 64.6 Å². The maximum atomic E-state index is 14.5. The molecule has 1 unspecified atom stereocenters.